The van der Waals surface area contributed by atoms with Crippen LogP contribution in [0.1, 0.15) is 17.2 Å². The SMILES string of the molecule is CN1c2c(ccc3cc4c(cc23)OCO4)-c2ccc3c(c2[C@@H]1[C@@H](Cc1ccc(O)cc1)N([O-])O)OCO3. The summed E-state index contributed by atoms with van der Waals surface area (Å²) in [7, 11) is 1.92. The van der Waals surface area contributed by atoms with Gasteiger partial charge in [0, 0.05) is 23.6 Å². The van der Waals surface area contributed by atoms with Crippen LogP contribution >= 0.6 is 0 Å². The molecule has 9 nitrogen and oxygen atoms in total. The third kappa shape index (κ3) is 3.36. The molecule has 7 rings (SSSR count). The molecule has 4 aromatic carbocycles. The van der Waals surface area contributed by atoms with Gasteiger partial charge in [0.25, 0.3) is 0 Å². The van der Waals surface area contributed by atoms with Crippen molar-refractivity contribution in [2.24, 2.45) is 0 Å². The van der Waals surface area contributed by atoms with Crippen LogP contribution in [0, 0.1) is 5.21 Å². The molecule has 9 heteroatoms. The van der Waals surface area contributed by atoms with Gasteiger partial charge in [-0.3, -0.25) is 5.23 Å². The number of hydrogen-bond donors (Lipinski definition) is 2. The standard InChI is InChI=1S/C28H23N2O7/c1-29-26-19(7-4-16-11-23-24(12-20(16)26)36-13-35-23)18-8-9-22-28(37-14-34-22)25(18)27(29)21(30(32)33)10-15-2-5-17(31)6-3-15/h2-9,11-12,21,27,31-32H,10,13-14H2,1H3/q-1/t21-,27+/m1/s1. The molecule has 0 amide bonds. The van der Waals surface area contributed by atoms with Crippen LogP contribution in [-0.4, -0.2) is 42.2 Å². The van der Waals surface area contributed by atoms with Gasteiger partial charge in [0.05, 0.1) is 17.8 Å². The monoisotopic (exact) mass is 499 g/mol. The second kappa shape index (κ2) is 8.17. The minimum atomic E-state index is -0.901. The first kappa shape index (κ1) is 22.1. The first-order chi connectivity index (χ1) is 18.0. The highest BCUT2D eigenvalue weighted by molar-refractivity contribution is 6.05. The molecule has 0 aliphatic carbocycles. The van der Waals surface area contributed by atoms with Gasteiger partial charge in [0.15, 0.2) is 23.0 Å². The number of hydroxylamine groups is 2. The molecule has 3 aliphatic rings. The number of fused-ring (bicyclic) bond motifs is 8. The predicted molar refractivity (Wildman–Crippen MR) is 135 cm³/mol. The number of anilines is 1. The van der Waals surface area contributed by atoms with Crippen LogP contribution in [0.25, 0.3) is 21.9 Å². The van der Waals surface area contributed by atoms with Crippen molar-refractivity contribution < 1.29 is 29.3 Å². The molecule has 188 valence electrons. The van der Waals surface area contributed by atoms with Crippen LogP contribution in [0.5, 0.6) is 28.7 Å². The van der Waals surface area contributed by atoms with Crippen molar-refractivity contribution in [1.29, 1.82) is 0 Å². The van der Waals surface area contributed by atoms with E-state index < -0.39 is 12.1 Å². The molecule has 4 aromatic rings. The van der Waals surface area contributed by atoms with Crippen molar-refractivity contribution >= 4 is 16.5 Å². The van der Waals surface area contributed by atoms with Gasteiger partial charge in [-0.25, -0.2) is 0 Å². The molecule has 2 N–H and O–H groups in total. The minimum absolute atomic E-state index is 0.0256. The maximum atomic E-state index is 12.8. The van der Waals surface area contributed by atoms with E-state index in [0.717, 1.165) is 38.7 Å². The van der Waals surface area contributed by atoms with Gasteiger partial charge in [-0.2, -0.15) is 0 Å². The smallest absolute Gasteiger partial charge is 0.231 e. The molecule has 0 radical (unpaired) electrons. The third-order valence-corrected chi connectivity index (χ3v) is 7.45. The molecular weight excluding hydrogens is 476 g/mol. The zero-order valence-corrected chi connectivity index (χ0v) is 19.9. The first-order valence-electron chi connectivity index (χ1n) is 11.9. The zero-order chi connectivity index (χ0) is 25.3. The van der Waals surface area contributed by atoms with E-state index in [9.17, 15) is 15.5 Å². The van der Waals surface area contributed by atoms with Crippen LogP contribution in [0.3, 0.4) is 0 Å². The van der Waals surface area contributed by atoms with Gasteiger partial charge in [-0.05, 0) is 59.3 Å². The second-order valence-electron chi connectivity index (χ2n) is 9.45. The van der Waals surface area contributed by atoms with E-state index in [1.165, 1.54) is 0 Å². The number of likely N-dealkylation sites (N-methyl/N-ethyl adjacent to an activating group) is 1. The van der Waals surface area contributed by atoms with Crippen molar-refractivity contribution in [1.82, 2.24) is 5.23 Å². The average molecular weight is 499 g/mol. The molecule has 3 aliphatic heterocycles. The van der Waals surface area contributed by atoms with Crippen LogP contribution in [0.4, 0.5) is 5.69 Å². The Hall–Kier alpha value is -4.18. The molecule has 0 saturated carbocycles. The van der Waals surface area contributed by atoms with E-state index in [4.69, 9.17) is 18.9 Å². The fraction of sp³-hybridized carbons (Fsp3) is 0.214. The summed E-state index contributed by atoms with van der Waals surface area (Å²) in [5.41, 5.74) is 4.36. The van der Waals surface area contributed by atoms with E-state index >= 15 is 0 Å². The Morgan fingerprint density at radius 3 is 2.41 bits per heavy atom. The Balaban J connectivity index is 1.46. The van der Waals surface area contributed by atoms with Crippen LogP contribution in [0.15, 0.2) is 60.7 Å². The number of phenols is 1. The predicted octanol–water partition coefficient (Wildman–Crippen LogP) is 4.96. The van der Waals surface area contributed by atoms with Crippen LogP contribution < -0.4 is 23.8 Å². The maximum Gasteiger partial charge on any atom is 0.231 e. The van der Waals surface area contributed by atoms with Crippen molar-refractivity contribution in [3.05, 3.63) is 77.0 Å². The summed E-state index contributed by atoms with van der Waals surface area (Å²) >= 11 is 0. The molecule has 0 unspecified atom stereocenters. The van der Waals surface area contributed by atoms with Gasteiger partial charge in [-0.1, -0.05) is 24.3 Å². The number of nitrogens with zero attached hydrogens (tertiary/aromatic N) is 2. The fourth-order valence-electron chi connectivity index (χ4n) is 5.78. The summed E-state index contributed by atoms with van der Waals surface area (Å²) in [5.74, 6) is 2.66. The first-order valence-corrected chi connectivity index (χ1v) is 11.9. The van der Waals surface area contributed by atoms with Crippen molar-refractivity contribution in [2.45, 2.75) is 18.5 Å². The van der Waals surface area contributed by atoms with Gasteiger partial charge in [0.2, 0.25) is 13.6 Å². The lowest BCUT2D eigenvalue weighted by atomic mass is 9.81. The summed E-state index contributed by atoms with van der Waals surface area (Å²) in [6, 6.07) is 17.0. The van der Waals surface area contributed by atoms with E-state index in [1.807, 2.05) is 42.3 Å². The Morgan fingerprint density at radius 2 is 1.62 bits per heavy atom. The van der Waals surface area contributed by atoms with Crippen molar-refractivity contribution in [2.75, 3.05) is 25.5 Å². The Morgan fingerprint density at radius 1 is 0.919 bits per heavy atom. The minimum Gasteiger partial charge on any atom is -0.762 e. The van der Waals surface area contributed by atoms with Gasteiger partial charge < -0.3 is 39.4 Å². The highest BCUT2D eigenvalue weighted by Gasteiger charge is 2.40. The summed E-state index contributed by atoms with van der Waals surface area (Å²) < 4.78 is 22.8. The Bertz CT molecular complexity index is 1540. The molecule has 0 spiro atoms. The molecule has 0 bridgehead atoms. The Kier molecular flexibility index (Phi) is 4.87. The van der Waals surface area contributed by atoms with Crippen LogP contribution in [-0.2, 0) is 6.42 Å². The summed E-state index contributed by atoms with van der Waals surface area (Å²) in [6.45, 7) is 0.252. The number of aromatic hydroxyl groups is 1. The topological polar surface area (TPSA) is 107 Å². The summed E-state index contributed by atoms with van der Waals surface area (Å²) in [5, 5.41) is 34.9. The highest BCUT2D eigenvalue weighted by atomic mass is 16.8. The quantitative estimate of drug-likeness (QED) is 0.377. The fourth-order valence-corrected chi connectivity index (χ4v) is 5.78. The largest absolute Gasteiger partial charge is 0.762 e. The van der Waals surface area contributed by atoms with E-state index in [2.05, 4.69) is 6.07 Å². The lowest BCUT2D eigenvalue weighted by Crippen LogP contribution is -2.45. The maximum absolute atomic E-state index is 12.8. The average Bonchev–Trinajstić information content (AvgIpc) is 3.56. The number of hydrogen-bond acceptors (Lipinski definition) is 9. The third-order valence-electron chi connectivity index (χ3n) is 7.45. The second-order valence-corrected chi connectivity index (χ2v) is 9.45. The van der Waals surface area contributed by atoms with Gasteiger partial charge in [-0.15, -0.1) is 0 Å². The molecular formula is C28H23N2O7-. The highest BCUT2D eigenvalue weighted by Crippen LogP contribution is 2.55. The number of ether oxygens (including phenoxy) is 4. The van der Waals surface area contributed by atoms with Gasteiger partial charge >= 0.3 is 0 Å². The molecule has 0 aromatic heterocycles. The molecule has 3 heterocycles. The molecule has 37 heavy (non-hydrogen) atoms. The van der Waals surface area contributed by atoms with E-state index in [0.29, 0.717) is 23.0 Å². The lowest BCUT2D eigenvalue weighted by molar-refractivity contribution is -0.0867. The normalized spacial score (nSPS) is 17.7. The van der Waals surface area contributed by atoms with E-state index in [1.54, 1.807) is 24.3 Å². The molecule has 0 fully saturated rings. The molecule has 0 saturated heterocycles. The zero-order valence-electron chi connectivity index (χ0n) is 19.9. The number of phenolic OH excluding ortho intramolecular Hbond substituents is 1. The molecule has 2 atom stereocenters. The summed E-state index contributed by atoms with van der Waals surface area (Å²) in [4.78, 5) is 2.02. The van der Waals surface area contributed by atoms with Gasteiger partial charge in [0.1, 0.15) is 5.75 Å². The van der Waals surface area contributed by atoms with Crippen molar-refractivity contribution in [3.63, 3.8) is 0 Å². The summed E-state index contributed by atoms with van der Waals surface area (Å²) in [6.07, 6.45) is 0.228. The number of benzene rings is 4. The van der Waals surface area contributed by atoms with E-state index in [-0.39, 0.29) is 31.0 Å². The van der Waals surface area contributed by atoms with Crippen molar-refractivity contribution in [3.8, 4) is 39.9 Å². The lowest BCUT2D eigenvalue weighted by Gasteiger charge is -2.46. The Labute approximate surface area is 212 Å². The number of rotatable bonds is 4. The van der Waals surface area contributed by atoms with Crippen LogP contribution in [0.2, 0.25) is 0 Å².